The molecule has 1 heteroatoms. The minimum Gasteiger partial charge on any atom is -0.289 e. The van der Waals surface area contributed by atoms with E-state index in [9.17, 15) is 4.79 Å². The van der Waals surface area contributed by atoms with Crippen LogP contribution < -0.4 is 0 Å². The molecule has 0 amide bonds. The molecule has 1 nitrogen and oxygen atoms in total. The summed E-state index contributed by atoms with van der Waals surface area (Å²) in [5.41, 5.74) is 6.61. The summed E-state index contributed by atoms with van der Waals surface area (Å²) in [6.45, 7) is 4.39. The molecule has 3 aromatic carbocycles. The lowest BCUT2D eigenvalue weighted by Crippen LogP contribution is -2.00. The Morgan fingerprint density at radius 1 is 0.792 bits per heavy atom. The van der Waals surface area contributed by atoms with Gasteiger partial charge in [-0.25, -0.2) is 0 Å². The van der Waals surface area contributed by atoms with Crippen LogP contribution in [0.5, 0.6) is 0 Å². The van der Waals surface area contributed by atoms with E-state index in [4.69, 9.17) is 0 Å². The molecule has 0 saturated carbocycles. The molecule has 0 aliphatic heterocycles. The monoisotopic (exact) mass is 314 g/mol. The van der Waals surface area contributed by atoms with Crippen molar-refractivity contribution in [1.29, 1.82) is 0 Å². The number of hydrogen-bond donors (Lipinski definition) is 0. The lowest BCUT2D eigenvalue weighted by molar-refractivity contribution is 0.103. The molecule has 0 heterocycles. The summed E-state index contributed by atoms with van der Waals surface area (Å²) in [4.78, 5) is 12.5. The third-order valence-corrected chi connectivity index (χ3v) is 4.46. The maximum atomic E-state index is 12.5. The molecule has 24 heavy (non-hydrogen) atoms. The van der Waals surface area contributed by atoms with Crippen molar-refractivity contribution in [2.75, 3.05) is 0 Å². The highest BCUT2D eigenvalue weighted by Crippen LogP contribution is 2.27. The average Bonchev–Trinajstić information content (AvgIpc) is 2.64. The number of carbonyl (C=O) groups excluding carboxylic acids is 1. The molecule has 0 saturated heterocycles. The molecule has 0 N–H and O–H groups in total. The average molecular weight is 314 g/mol. The van der Waals surface area contributed by atoms with E-state index >= 15 is 0 Å². The predicted molar refractivity (Wildman–Crippen MR) is 100 cm³/mol. The molecule has 0 radical (unpaired) electrons. The van der Waals surface area contributed by atoms with Gasteiger partial charge in [0.05, 0.1) is 0 Å². The van der Waals surface area contributed by atoms with Crippen LogP contribution in [0, 0.1) is 6.92 Å². The molecule has 0 aliphatic rings. The maximum absolute atomic E-state index is 12.5. The Balaban J connectivity index is 1.90. The fourth-order valence-corrected chi connectivity index (χ4v) is 3.09. The van der Waals surface area contributed by atoms with Gasteiger partial charge in [-0.1, -0.05) is 86.1 Å². The summed E-state index contributed by atoms with van der Waals surface area (Å²) in [5, 5.41) is 0. The van der Waals surface area contributed by atoms with E-state index in [0.29, 0.717) is 0 Å². The number of aryl methyl sites for hydroxylation is 1. The van der Waals surface area contributed by atoms with Crippen molar-refractivity contribution in [2.24, 2.45) is 0 Å². The van der Waals surface area contributed by atoms with Crippen molar-refractivity contribution in [2.45, 2.75) is 26.7 Å². The van der Waals surface area contributed by atoms with Crippen LogP contribution in [-0.2, 0) is 6.42 Å². The van der Waals surface area contributed by atoms with Crippen LogP contribution in [0.1, 0.15) is 40.4 Å². The van der Waals surface area contributed by atoms with Gasteiger partial charge in [0.15, 0.2) is 5.78 Å². The van der Waals surface area contributed by atoms with E-state index in [-0.39, 0.29) is 5.78 Å². The Hall–Kier alpha value is -2.67. The van der Waals surface area contributed by atoms with Gasteiger partial charge >= 0.3 is 0 Å². The first-order chi connectivity index (χ1) is 11.7. The van der Waals surface area contributed by atoms with Crippen molar-refractivity contribution in [1.82, 2.24) is 0 Å². The Labute approximate surface area is 144 Å². The van der Waals surface area contributed by atoms with Crippen molar-refractivity contribution in [3.05, 3.63) is 95.1 Å². The second kappa shape index (κ2) is 7.27. The van der Waals surface area contributed by atoms with Crippen LogP contribution >= 0.6 is 0 Å². The largest absolute Gasteiger partial charge is 0.289 e. The Bertz CT molecular complexity index is 830. The topological polar surface area (TPSA) is 17.1 Å². The molecule has 0 atom stereocenters. The zero-order valence-electron chi connectivity index (χ0n) is 14.3. The highest BCUT2D eigenvalue weighted by molar-refractivity contribution is 6.09. The van der Waals surface area contributed by atoms with Gasteiger partial charge < -0.3 is 0 Å². The second-order valence-electron chi connectivity index (χ2n) is 6.11. The molecule has 120 valence electrons. The van der Waals surface area contributed by atoms with E-state index in [0.717, 1.165) is 29.5 Å². The Kier molecular flexibility index (Phi) is 4.90. The maximum Gasteiger partial charge on any atom is 0.193 e. The molecule has 0 bridgehead atoms. The van der Waals surface area contributed by atoms with E-state index < -0.39 is 0 Å². The fraction of sp³-hybridized carbons (Fsp3) is 0.174. The van der Waals surface area contributed by atoms with Gasteiger partial charge in [-0.3, -0.25) is 4.79 Å². The number of hydrogen-bond acceptors (Lipinski definition) is 1. The summed E-state index contributed by atoms with van der Waals surface area (Å²) in [6, 6.07) is 23.9. The van der Waals surface area contributed by atoms with Gasteiger partial charge in [0.25, 0.3) is 0 Å². The summed E-state index contributed by atoms with van der Waals surface area (Å²) in [5.74, 6) is 0.0682. The van der Waals surface area contributed by atoms with Gasteiger partial charge in [0, 0.05) is 11.1 Å². The van der Waals surface area contributed by atoms with E-state index in [1.165, 1.54) is 16.7 Å². The molecule has 3 rings (SSSR count). The molecule has 0 spiro atoms. The third-order valence-electron chi connectivity index (χ3n) is 4.46. The summed E-state index contributed by atoms with van der Waals surface area (Å²) in [6.07, 6.45) is 2.25. The first-order valence-electron chi connectivity index (χ1n) is 8.49. The molecule has 0 aliphatic carbocycles. The van der Waals surface area contributed by atoms with Crippen LogP contribution in [-0.4, -0.2) is 5.78 Å². The van der Waals surface area contributed by atoms with Crippen LogP contribution in [0.4, 0.5) is 0 Å². The van der Waals surface area contributed by atoms with Gasteiger partial charge in [-0.05, 0) is 35.6 Å². The second-order valence-corrected chi connectivity index (χ2v) is 6.11. The van der Waals surface area contributed by atoms with Crippen LogP contribution in [0.3, 0.4) is 0 Å². The highest BCUT2D eigenvalue weighted by Gasteiger charge is 2.10. The van der Waals surface area contributed by atoms with E-state index in [2.05, 4.69) is 32.0 Å². The fourth-order valence-electron chi connectivity index (χ4n) is 3.09. The molecule has 3 aromatic rings. The first kappa shape index (κ1) is 16.2. The van der Waals surface area contributed by atoms with E-state index in [1.54, 1.807) is 0 Å². The SMILES string of the molecule is CCCc1cccc(-c2ccc(C(=O)c3ccccc3)cc2)c1C. The Morgan fingerprint density at radius 2 is 1.46 bits per heavy atom. The molecular weight excluding hydrogens is 292 g/mol. The minimum absolute atomic E-state index is 0.0682. The quantitative estimate of drug-likeness (QED) is 0.540. The normalized spacial score (nSPS) is 10.6. The summed E-state index contributed by atoms with van der Waals surface area (Å²) < 4.78 is 0. The number of benzene rings is 3. The van der Waals surface area contributed by atoms with Gasteiger partial charge in [-0.2, -0.15) is 0 Å². The lowest BCUT2D eigenvalue weighted by Gasteiger charge is -2.11. The van der Waals surface area contributed by atoms with Crippen molar-refractivity contribution in [3.8, 4) is 11.1 Å². The number of rotatable bonds is 5. The van der Waals surface area contributed by atoms with E-state index in [1.807, 2.05) is 54.6 Å². The number of ketones is 1. The first-order valence-corrected chi connectivity index (χ1v) is 8.49. The highest BCUT2D eigenvalue weighted by atomic mass is 16.1. The van der Waals surface area contributed by atoms with Crippen LogP contribution in [0.15, 0.2) is 72.8 Å². The zero-order valence-corrected chi connectivity index (χ0v) is 14.3. The summed E-state index contributed by atoms with van der Waals surface area (Å²) >= 11 is 0. The van der Waals surface area contributed by atoms with Gasteiger partial charge in [0.1, 0.15) is 0 Å². The van der Waals surface area contributed by atoms with Crippen molar-refractivity contribution in [3.63, 3.8) is 0 Å². The minimum atomic E-state index is 0.0682. The zero-order chi connectivity index (χ0) is 16.9. The lowest BCUT2D eigenvalue weighted by atomic mass is 9.93. The molecular formula is C23H22O. The third kappa shape index (κ3) is 3.30. The molecule has 0 unspecified atom stereocenters. The van der Waals surface area contributed by atoms with Crippen molar-refractivity contribution < 1.29 is 4.79 Å². The van der Waals surface area contributed by atoms with Crippen LogP contribution in [0.25, 0.3) is 11.1 Å². The standard InChI is InChI=1S/C23H22O/c1-3-8-18-11-7-12-22(17(18)2)19-13-15-21(16-14-19)23(24)20-9-5-4-6-10-20/h4-7,9-16H,3,8H2,1-2H3. The summed E-state index contributed by atoms with van der Waals surface area (Å²) in [7, 11) is 0. The Morgan fingerprint density at radius 3 is 2.12 bits per heavy atom. The van der Waals surface area contributed by atoms with Gasteiger partial charge in [-0.15, -0.1) is 0 Å². The predicted octanol–water partition coefficient (Wildman–Crippen LogP) is 5.85. The van der Waals surface area contributed by atoms with Crippen molar-refractivity contribution >= 4 is 5.78 Å². The smallest absolute Gasteiger partial charge is 0.193 e. The van der Waals surface area contributed by atoms with Gasteiger partial charge in [0.2, 0.25) is 0 Å². The molecule has 0 aromatic heterocycles. The molecule has 0 fully saturated rings. The van der Waals surface area contributed by atoms with Crippen LogP contribution in [0.2, 0.25) is 0 Å². The number of carbonyl (C=O) groups is 1.